The average molecular weight is 775 g/mol. The Balaban J connectivity index is 0.00000294. The van der Waals surface area contributed by atoms with Crippen LogP contribution >= 0.6 is 9.53 Å². The van der Waals surface area contributed by atoms with Gasteiger partial charge in [0.2, 0.25) is 0 Å². The minimum atomic E-state index is -1.59. The third-order valence-electron chi connectivity index (χ3n) is 7.94. The summed E-state index contributed by atoms with van der Waals surface area (Å²) in [5.41, 5.74) is 4.16. The molecule has 9 atom stereocenters. The molecule has 0 radical (unpaired) electrons. The van der Waals surface area contributed by atoms with Gasteiger partial charge in [0.25, 0.3) is 0 Å². The van der Waals surface area contributed by atoms with E-state index in [-0.39, 0.29) is 19.6 Å². The van der Waals surface area contributed by atoms with Gasteiger partial charge in [-0.15, -0.1) is 29.8 Å². The van der Waals surface area contributed by atoms with Gasteiger partial charge >= 0.3 is 27.7 Å². The van der Waals surface area contributed by atoms with Gasteiger partial charge in [0.1, 0.15) is 30.5 Å². The van der Waals surface area contributed by atoms with Crippen LogP contribution in [0.25, 0.3) is 0 Å². The molecule has 0 amide bonds. The van der Waals surface area contributed by atoms with E-state index >= 15 is 0 Å². The van der Waals surface area contributed by atoms with E-state index in [2.05, 4.69) is 79.7 Å². The maximum atomic E-state index is 10.7. The number of rotatable bonds is 13. The van der Waals surface area contributed by atoms with Gasteiger partial charge < -0.3 is 59.3 Å². The van der Waals surface area contributed by atoms with E-state index in [4.69, 9.17) is 28.7 Å². The molecule has 47 heavy (non-hydrogen) atoms. The van der Waals surface area contributed by atoms with Crippen LogP contribution in [0.1, 0.15) is 62.6 Å². The first kappa shape index (κ1) is 39.9. The number of aliphatic hydroxyl groups is 6. The Labute approximate surface area is 290 Å². The molecule has 2 saturated heterocycles. The average Bonchev–Trinajstić information content (AvgIpc) is 3.07. The van der Waals surface area contributed by atoms with Crippen molar-refractivity contribution in [1.29, 1.82) is 0 Å². The van der Waals surface area contributed by atoms with Crippen LogP contribution < -0.4 is 4.74 Å². The van der Waals surface area contributed by atoms with E-state index in [9.17, 15) is 30.6 Å². The Hall–Kier alpha value is -1.54. The molecule has 2 heterocycles. The van der Waals surface area contributed by atoms with Crippen molar-refractivity contribution < 1.29 is 72.5 Å². The molecule has 12 nitrogen and oxygen atoms in total. The molecule has 0 bridgehead atoms. The fourth-order valence-electron chi connectivity index (χ4n) is 5.37. The second kappa shape index (κ2) is 19.6. The number of hydrogen-bond donors (Lipinski definition) is 6. The molecule has 0 saturated carbocycles. The Morgan fingerprint density at radius 1 is 0.915 bits per heavy atom. The summed E-state index contributed by atoms with van der Waals surface area (Å²) in [5.74, 6) is 1.22. The molecule has 0 aromatic heterocycles. The number of ether oxygens (including phenoxy) is 5. The molecule has 2 aromatic rings. The first-order valence-corrected chi connectivity index (χ1v) is 17.5. The van der Waals surface area contributed by atoms with Crippen molar-refractivity contribution in [3.05, 3.63) is 59.2 Å². The van der Waals surface area contributed by atoms with Crippen molar-refractivity contribution in [1.82, 2.24) is 0 Å². The number of aliphatic imine (C=N–C) groups is 1. The molecular weight excluding hydrogens is 728 g/mol. The third-order valence-corrected chi connectivity index (χ3v) is 7.94. The minimum absolute atomic E-state index is 0.00557. The Kier molecular flexibility index (Phi) is 16.6. The number of aliphatic hydroxyl groups excluding tert-OH is 6. The van der Waals surface area contributed by atoms with Gasteiger partial charge in [-0.25, -0.2) is 0 Å². The molecule has 2 fully saturated rings. The molecule has 266 valence electrons. The van der Waals surface area contributed by atoms with Gasteiger partial charge in [0.15, 0.2) is 12.6 Å². The number of halogens is 1. The van der Waals surface area contributed by atoms with E-state index in [1.54, 1.807) is 18.3 Å². The summed E-state index contributed by atoms with van der Waals surface area (Å²) in [5, 5.41) is 60.9. The second-order valence-corrected chi connectivity index (χ2v) is 12.0. The van der Waals surface area contributed by atoms with E-state index in [1.165, 1.54) is 11.1 Å². The summed E-state index contributed by atoms with van der Waals surface area (Å²) < 4.78 is 28.0. The van der Waals surface area contributed by atoms with Crippen molar-refractivity contribution >= 4 is 21.4 Å². The van der Waals surface area contributed by atoms with E-state index in [0.717, 1.165) is 11.3 Å². The number of hydrogen-bond acceptors (Lipinski definition) is 12. The zero-order valence-corrected chi connectivity index (χ0v) is 29.1. The van der Waals surface area contributed by atoms with Gasteiger partial charge in [-0.3, -0.25) is 0 Å². The molecule has 0 aliphatic carbocycles. The first-order valence-electron chi connectivity index (χ1n) is 15.5. The Bertz CT molecular complexity index is 1210. The summed E-state index contributed by atoms with van der Waals surface area (Å²) >= 11 is 2.22. The van der Waals surface area contributed by atoms with Gasteiger partial charge in [0.05, 0.1) is 44.3 Å². The normalized spacial score (nSPS) is 29.6. The second-order valence-electron chi connectivity index (χ2n) is 12.0. The third kappa shape index (κ3) is 10.7. The fraction of sp³-hybridized carbons (Fsp3) is 0.606. The molecule has 2 aromatic carbocycles. The first-order chi connectivity index (χ1) is 22.5. The molecule has 4 rings (SSSR count). The zero-order chi connectivity index (χ0) is 34.7. The van der Waals surface area contributed by atoms with Crippen LogP contribution in [-0.4, -0.2) is 119 Å². The van der Waals surface area contributed by atoms with Crippen LogP contribution in [0.5, 0.6) is 5.75 Å². The van der Waals surface area contributed by atoms with Crippen molar-refractivity contribution in [3.63, 3.8) is 0 Å². The van der Waals surface area contributed by atoms with E-state index in [1.807, 2.05) is 6.07 Å². The number of nitrogens with zero attached hydrogens (tertiary/aromatic N) is 1. The van der Waals surface area contributed by atoms with Crippen LogP contribution in [0.15, 0.2) is 41.4 Å². The van der Waals surface area contributed by atoms with Crippen LogP contribution in [0.3, 0.4) is 0 Å². The summed E-state index contributed by atoms with van der Waals surface area (Å²) in [4.78, 5) is 4.81. The van der Waals surface area contributed by atoms with Crippen LogP contribution in [0.4, 0.5) is 5.69 Å². The van der Waals surface area contributed by atoms with Crippen molar-refractivity contribution in [2.45, 2.75) is 101 Å². The summed E-state index contributed by atoms with van der Waals surface area (Å²) in [7, 11) is 4.49. The van der Waals surface area contributed by atoms with Crippen LogP contribution in [0.2, 0.25) is 0 Å². The predicted molar refractivity (Wildman–Crippen MR) is 169 cm³/mol. The van der Waals surface area contributed by atoms with Gasteiger partial charge in [-0.1, -0.05) is 45.9 Å². The van der Waals surface area contributed by atoms with E-state index in [0.29, 0.717) is 17.6 Å². The maximum absolute atomic E-state index is 10.7. The summed E-state index contributed by atoms with van der Waals surface area (Å²) in [6.45, 7) is 7.67. The Morgan fingerprint density at radius 2 is 1.60 bits per heavy atom. The fourth-order valence-corrected chi connectivity index (χ4v) is 5.37. The molecule has 6 N–H and O–H groups in total. The SMILES string of the molecule is CC(C)c1cccc(C(C)C)c1N=Cc1[c-]cc(OCCO[C@H]2OC(CO)[C@H](O[C@H]3OC(CO)CC(O)[C@H]3O)C(O)[C@H]2O)cc1.[Cl][Pd+]. The molecular formula is C33H46ClNO11Pd. The standard InChI is InChI=1S/C33H46NO11.ClH.Pd/c1-18(2)23-6-5-7-24(19(3)4)27(23)34-15-20-8-10-21(11-9-20)41-12-13-42-32-30(40)29(39)31(26(17-36)44-32)45-33-28(38)25(37)14-22(16-35)43-33;;/h5-8,10-11,15,18-19,22,25-26,28-33,35-40H,12-14,16-17H2,1-4H3;1H;/q-1;;+2/p-1/t22?,25?,26?,28-,29?,30-,31+,32+,33-;;/m1../s1. The molecule has 4 unspecified atom stereocenters. The monoisotopic (exact) mass is 773 g/mol. The quantitative estimate of drug-likeness (QED) is 0.0761. The summed E-state index contributed by atoms with van der Waals surface area (Å²) in [6, 6.07) is 14.8. The number of benzene rings is 2. The predicted octanol–water partition coefficient (Wildman–Crippen LogP) is 2.22. The molecule has 2 aliphatic heterocycles. The molecule has 14 heteroatoms. The van der Waals surface area contributed by atoms with Crippen molar-refractivity contribution in [3.8, 4) is 5.75 Å². The molecule has 0 spiro atoms. The van der Waals surface area contributed by atoms with Gasteiger partial charge in [-0.05, 0) is 29.2 Å². The van der Waals surface area contributed by atoms with Crippen molar-refractivity contribution in [2.24, 2.45) is 4.99 Å². The molecule has 2 aliphatic rings. The van der Waals surface area contributed by atoms with Crippen LogP contribution in [-0.2, 0) is 37.1 Å². The Morgan fingerprint density at radius 3 is 2.17 bits per heavy atom. The van der Waals surface area contributed by atoms with Gasteiger partial charge in [0, 0.05) is 12.2 Å². The van der Waals surface area contributed by atoms with Gasteiger partial charge in [-0.2, -0.15) is 0 Å². The van der Waals surface area contributed by atoms with E-state index < -0.39 is 68.5 Å². The summed E-state index contributed by atoms with van der Waals surface area (Å²) in [6.07, 6.45) is -10.1. The van der Waals surface area contributed by atoms with Crippen LogP contribution in [0, 0.1) is 6.07 Å². The number of para-hydroxylation sites is 1. The van der Waals surface area contributed by atoms with Crippen molar-refractivity contribution in [2.75, 3.05) is 26.4 Å². The topological polar surface area (TPSA) is 180 Å². The zero-order valence-electron chi connectivity index (χ0n) is 26.8.